The van der Waals surface area contributed by atoms with Crippen molar-refractivity contribution >= 4 is 0 Å². The molecule has 1 aliphatic heterocycles. The van der Waals surface area contributed by atoms with Gasteiger partial charge in [0.15, 0.2) is 0 Å². The van der Waals surface area contributed by atoms with Gasteiger partial charge in [0.1, 0.15) is 5.75 Å². The zero-order chi connectivity index (χ0) is 14.4. The minimum absolute atomic E-state index is 0.676. The zero-order valence-electron chi connectivity index (χ0n) is 13.1. The molecule has 0 unspecified atom stereocenters. The van der Waals surface area contributed by atoms with Crippen molar-refractivity contribution in [2.24, 2.45) is 5.92 Å². The number of benzene rings is 1. The summed E-state index contributed by atoms with van der Waals surface area (Å²) in [7, 11) is 1.76. The van der Waals surface area contributed by atoms with Crippen LogP contribution in [0.2, 0.25) is 0 Å². The van der Waals surface area contributed by atoms with Gasteiger partial charge in [-0.1, -0.05) is 26.0 Å². The Labute approximate surface area is 123 Å². The number of methoxy groups -OCH3 is 1. The predicted molar refractivity (Wildman–Crippen MR) is 84.0 cm³/mol. The number of ether oxygens (including phenoxy) is 1. The third kappa shape index (κ3) is 4.50. The summed E-state index contributed by atoms with van der Waals surface area (Å²) < 4.78 is 5.55. The van der Waals surface area contributed by atoms with E-state index >= 15 is 0 Å². The number of nitrogens with zero attached hydrogens (tertiary/aromatic N) is 1. The molecule has 0 bridgehead atoms. The molecule has 0 aliphatic carbocycles. The van der Waals surface area contributed by atoms with Gasteiger partial charge in [0.2, 0.25) is 0 Å². The minimum Gasteiger partial charge on any atom is -0.496 e. The second kappa shape index (κ2) is 7.65. The lowest BCUT2D eigenvalue weighted by Gasteiger charge is -2.17. The Morgan fingerprint density at radius 2 is 2.00 bits per heavy atom. The van der Waals surface area contributed by atoms with Crippen LogP contribution in [0.15, 0.2) is 18.2 Å². The number of hydrogen-bond donors (Lipinski definition) is 1. The fourth-order valence-electron chi connectivity index (χ4n) is 2.73. The molecule has 0 spiro atoms. The number of nitrogens with one attached hydrogen (secondary N) is 1. The van der Waals surface area contributed by atoms with Crippen LogP contribution in [0.3, 0.4) is 0 Å². The fraction of sp³-hybridized carbons (Fsp3) is 0.647. The van der Waals surface area contributed by atoms with Crippen LogP contribution in [0.1, 0.15) is 37.8 Å². The lowest BCUT2D eigenvalue weighted by molar-refractivity contribution is 0.330. The van der Waals surface area contributed by atoms with Crippen molar-refractivity contribution in [3.05, 3.63) is 29.3 Å². The number of hydrogen-bond acceptors (Lipinski definition) is 3. The first-order chi connectivity index (χ1) is 9.69. The molecule has 3 nitrogen and oxygen atoms in total. The van der Waals surface area contributed by atoms with Gasteiger partial charge in [0, 0.05) is 18.7 Å². The van der Waals surface area contributed by atoms with Crippen molar-refractivity contribution in [2.75, 3.05) is 26.7 Å². The molecule has 1 aromatic rings. The second-order valence-electron chi connectivity index (χ2n) is 6.15. The van der Waals surface area contributed by atoms with E-state index in [4.69, 9.17) is 4.74 Å². The van der Waals surface area contributed by atoms with Gasteiger partial charge in [-0.05, 0) is 50.0 Å². The van der Waals surface area contributed by atoms with E-state index in [2.05, 4.69) is 42.3 Å². The second-order valence-corrected chi connectivity index (χ2v) is 6.15. The smallest absolute Gasteiger partial charge is 0.123 e. The summed E-state index contributed by atoms with van der Waals surface area (Å²) in [4.78, 5) is 2.52. The maximum atomic E-state index is 5.55. The average Bonchev–Trinajstić information content (AvgIpc) is 2.92. The van der Waals surface area contributed by atoms with E-state index in [1.165, 1.54) is 37.1 Å². The summed E-state index contributed by atoms with van der Waals surface area (Å²) in [5, 5.41) is 3.48. The standard InChI is InChI=1S/C17H28N2O/c1-14(2)11-18-12-16-7-6-15(10-17(16)20-3)13-19-8-4-5-9-19/h6-7,10,14,18H,4-5,8-9,11-13H2,1-3H3. The quantitative estimate of drug-likeness (QED) is 0.828. The summed E-state index contributed by atoms with van der Waals surface area (Å²) in [6, 6.07) is 6.65. The third-order valence-electron chi connectivity index (χ3n) is 3.82. The Morgan fingerprint density at radius 3 is 2.65 bits per heavy atom. The Morgan fingerprint density at radius 1 is 1.25 bits per heavy atom. The summed E-state index contributed by atoms with van der Waals surface area (Å²) in [5.41, 5.74) is 2.61. The first kappa shape index (κ1) is 15.3. The lowest BCUT2D eigenvalue weighted by atomic mass is 10.1. The monoisotopic (exact) mass is 276 g/mol. The van der Waals surface area contributed by atoms with Crippen LogP contribution >= 0.6 is 0 Å². The number of likely N-dealkylation sites (tertiary alicyclic amines) is 1. The van der Waals surface area contributed by atoms with Gasteiger partial charge in [-0.3, -0.25) is 4.90 Å². The molecule has 20 heavy (non-hydrogen) atoms. The number of rotatable bonds is 7. The van der Waals surface area contributed by atoms with E-state index in [1.807, 2.05) is 0 Å². The molecule has 0 amide bonds. The normalized spacial score (nSPS) is 16.0. The van der Waals surface area contributed by atoms with Crippen molar-refractivity contribution in [3.63, 3.8) is 0 Å². The molecule has 0 saturated carbocycles. The molecule has 3 heteroatoms. The molecule has 1 heterocycles. The molecule has 0 atom stereocenters. The molecular weight excluding hydrogens is 248 g/mol. The van der Waals surface area contributed by atoms with E-state index in [-0.39, 0.29) is 0 Å². The van der Waals surface area contributed by atoms with Crippen LogP contribution in [0, 0.1) is 5.92 Å². The average molecular weight is 276 g/mol. The van der Waals surface area contributed by atoms with Crippen LogP contribution < -0.4 is 10.1 Å². The third-order valence-corrected chi connectivity index (χ3v) is 3.82. The molecule has 1 N–H and O–H groups in total. The van der Waals surface area contributed by atoms with Crippen molar-refractivity contribution in [3.8, 4) is 5.75 Å². The minimum atomic E-state index is 0.676. The first-order valence-corrected chi connectivity index (χ1v) is 7.78. The van der Waals surface area contributed by atoms with Crippen LogP contribution in [0.5, 0.6) is 5.75 Å². The van der Waals surface area contributed by atoms with Gasteiger partial charge in [0.25, 0.3) is 0 Å². The maximum absolute atomic E-state index is 5.55. The van der Waals surface area contributed by atoms with Gasteiger partial charge in [-0.15, -0.1) is 0 Å². The fourth-order valence-corrected chi connectivity index (χ4v) is 2.73. The van der Waals surface area contributed by atoms with Crippen molar-refractivity contribution in [2.45, 2.75) is 39.8 Å². The molecule has 1 fully saturated rings. The maximum Gasteiger partial charge on any atom is 0.123 e. The van der Waals surface area contributed by atoms with Crippen LogP contribution in [-0.4, -0.2) is 31.6 Å². The summed E-state index contributed by atoms with van der Waals surface area (Å²) in [5.74, 6) is 1.69. The predicted octanol–water partition coefficient (Wildman–Crippen LogP) is 3.04. The first-order valence-electron chi connectivity index (χ1n) is 7.78. The van der Waals surface area contributed by atoms with Crippen molar-refractivity contribution in [1.82, 2.24) is 10.2 Å². The van der Waals surface area contributed by atoms with E-state index < -0.39 is 0 Å². The summed E-state index contributed by atoms with van der Waals surface area (Å²) in [6.45, 7) is 9.90. The van der Waals surface area contributed by atoms with Gasteiger partial charge in [-0.2, -0.15) is 0 Å². The molecule has 1 aliphatic rings. The Balaban J connectivity index is 1.95. The van der Waals surface area contributed by atoms with Crippen molar-refractivity contribution < 1.29 is 4.74 Å². The molecule has 0 radical (unpaired) electrons. The molecule has 112 valence electrons. The molecule has 2 rings (SSSR count). The van der Waals surface area contributed by atoms with Crippen LogP contribution in [-0.2, 0) is 13.1 Å². The Kier molecular flexibility index (Phi) is 5.86. The summed E-state index contributed by atoms with van der Waals surface area (Å²) >= 11 is 0. The van der Waals surface area contributed by atoms with Gasteiger partial charge in [-0.25, -0.2) is 0 Å². The molecule has 1 aromatic carbocycles. The highest BCUT2D eigenvalue weighted by Crippen LogP contribution is 2.22. The van der Waals surface area contributed by atoms with E-state index in [9.17, 15) is 0 Å². The Bertz CT molecular complexity index is 411. The highest BCUT2D eigenvalue weighted by Gasteiger charge is 2.13. The van der Waals surface area contributed by atoms with Gasteiger partial charge < -0.3 is 10.1 Å². The summed E-state index contributed by atoms with van der Waals surface area (Å²) in [6.07, 6.45) is 2.68. The van der Waals surface area contributed by atoms with E-state index in [0.717, 1.165) is 25.4 Å². The van der Waals surface area contributed by atoms with Crippen molar-refractivity contribution in [1.29, 1.82) is 0 Å². The van der Waals surface area contributed by atoms with Crippen LogP contribution in [0.4, 0.5) is 0 Å². The van der Waals surface area contributed by atoms with E-state index in [0.29, 0.717) is 5.92 Å². The molecule has 1 saturated heterocycles. The van der Waals surface area contributed by atoms with Gasteiger partial charge in [0.05, 0.1) is 7.11 Å². The largest absolute Gasteiger partial charge is 0.496 e. The molecule has 0 aromatic heterocycles. The highest BCUT2D eigenvalue weighted by molar-refractivity contribution is 5.37. The SMILES string of the molecule is COc1cc(CN2CCCC2)ccc1CNCC(C)C. The Hall–Kier alpha value is -1.06. The molecular formula is C17H28N2O. The van der Waals surface area contributed by atoms with E-state index in [1.54, 1.807) is 7.11 Å². The highest BCUT2D eigenvalue weighted by atomic mass is 16.5. The topological polar surface area (TPSA) is 24.5 Å². The zero-order valence-corrected chi connectivity index (χ0v) is 13.1. The van der Waals surface area contributed by atoms with Crippen LogP contribution in [0.25, 0.3) is 0 Å². The van der Waals surface area contributed by atoms with Gasteiger partial charge >= 0.3 is 0 Å². The lowest BCUT2D eigenvalue weighted by Crippen LogP contribution is -2.20.